The summed E-state index contributed by atoms with van der Waals surface area (Å²) < 4.78 is 0. The number of rotatable bonds is 2. The van der Waals surface area contributed by atoms with E-state index in [1.165, 1.54) is 12.8 Å². The van der Waals surface area contributed by atoms with Crippen molar-refractivity contribution in [2.45, 2.75) is 32.7 Å². The highest BCUT2D eigenvalue weighted by Crippen LogP contribution is 2.30. The van der Waals surface area contributed by atoms with Crippen molar-refractivity contribution in [3.63, 3.8) is 0 Å². The largest absolute Gasteiger partial charge is 0.353 e. The summed E-state index contributed by atoms with van der Waals surface area (Å²) in [6, 6.07) is 0.420. The van der Waals surface area contributed by atoms with Gasteiger partial charge in [0.2, 0.25) is 5.91 Å². The van der Waals surface area contributed by atoms with Crippen LogP contribution in [0.2, 0.25) is 0 Å². The van der Waals surface area contributed by atoms with Gasteiger partial charge in [0.05, 0.1) is 5.92 Å². The van der Waals surface area contributed by atoms with Gasteiger partial charge in [0.25, 0.3) is 0 Å². The quantitative estimate of drug-likeness (QED) is 0.684. The lowest BCUT2D eigenvalue weighted by Crippen LogP contribution is -2.53. The third-order valence-corrected chi connectivity index (χ3v) is 3.76. The summed E-state index contributed by atoms with van der Waals surface area (Å²) in [5, 5.41) is 6.33. The molecular weight excluding hydrogens is 176 g/mol. The van der Waals surface area contributed by atoms with Crippen molar-refractivity contribution in [3.05, 3.63) is 0 Å². The molecule has 0 radical (unpaired) electrons. The third-order valence-electron chi connectivity index (χ3n) is 3.76. The van der Waals surface area contributed by atoms with Gasteiger partial charge >= 0.3 is 0 Å². The molecular formula is C11H20N2O. The summed E-state index contributed by atoms with van der Waals surface area (Å²) >= 11 is 0. The van der Waals surface area contributed by atoms with Gasteiger partial charge < -0.3 is 10.6 Å². The van der Waals surface area contributed by atoms with Crippen LogP contribution in [0.1, 0.15) is 26.7 Å². The highest BCUT2D eigenvalue weighted by atomic mass is 16.2. The van der Waals surface area contributed by atoms with E-state index in [1.54, 1.807) is 0 Å². The van der Waals surface area contributed by atoms with Gasteiger partial charge in [-0.05, 0) is 24.7 Å². The van der Waals surface area contributed by atoms with Crippen molar-refractivity contribution in [2.75, 3.05) is 13.1 Å². The lowest BCUT2D eigenvalue weighted by molar-refractivity contribution is -0.127. The van der Waals surface area contributed by atoms with Crippen molar-refractivity contribution < 1.29 is 4.79 Å². The van der Waals surface area contributed by atoms with Gasteiger partial charge in [-0.25, -0.2) is 0 Å². The Kier molecular flexibility index (Phi) is 2.77. The molecule has 1 aliphatic heterocycles. The van der Waals surface area contributed by atoms with Crippen LogP contribution in [-0.2, 0) is 4.79 Å². The van der Waals surface area contributed by atoms with Crippen molar-refractivity contribution in [1.29, 1.82) is 0 Å². The Morgan fingerprint density at radius 3 is 2.21 bits per heavy atom. The highest BCUT2D eigenvalue weighted by molar-refractivity contribution is 5.80. The molecule has 2 rings (SSSR count). The Labute approximate surface area is 85.6 Å². The molecule has 0 aromatic heterocycles. The normalized spacial score (nSPS) is 38.0. The van der Waals surface area contributed by atoms with Gasteiger partial charge in [-0.2, -0.15) is 0 Å². The van der Waals surface area contributed by atoms with Crippen molar-refractivity contribution in [3.8, 4) is 0 Å². The molecule has 1 saturated heterocycles. The van der Waals surface area contributed by atoms with E-state index in [0.29, 0.717) is 17.9 Å². The second-order valence-electron chi connectivity index (χ2n) is 4.92. The molecule has 0 spiro atoms. The van der Waals surface area contributed by atoms with Crippen LogP contribution in [0, 0.1) is 17.8 Å². The second-order valence-corrected chi connectivity index (χ2v) is 4.92. The van der Waals surface area contributed by atoms with Crippen molar-refractivity contribution >= 4 is 5.91 Å². The van der Waals surface area contributed by atoms with Crippen LogP contribution in [0.3, 0.4) is 0 Å². The average Bonchev–Trinajstić information content (AvgIpc) is 2.32. The lowest BCUT2D eigenvalue weighted by atomic mass is 9.97. The summed E-state index contributed by atoms with van der Waals surface area (Å²) in [6.45, 7) is 6.21. The average molecular weight is 196 g/mol. The molecule has 1 aliphatic carbocycles. The van der Waals surface area contributed by atoms with Gasteiger partial charge in [0.1, 0.15) is 0 Å². The smallest absolute Gasteiger partial charge is 0.225 e. The fourth-order valence-corrected chi connectivity index (χ4v) is 2.49. The Bertz CT molecular complexity index is 215. The Hall–Kier alpha value is -0.570. The molecule has 1 saturated carbocycles. The fraction of sp³-hybridized carbons (Fsp3) is 0.909. The minimum atomic E-state index is 0.231. The zero-order chi connectivity index (χ0) is 10.1. The standard InChI is InChI=1S/C11H20N2O/c1-7-3-4-8(2)10(7)13-11(14)9-5-12-6-9/h7-10,12H,3-6H2,1-2H3,(H,13,14). The molecule has 80 valence electrons. The third kappa shape index (κ3) is 1.78. The SMILES string of the molecule is CC1CCC(C)C1NC(=O)C1CNC1. The topological polar surface area (TPSA) is 41.1 Å². The van der Waals surface area contributed by atoms with Gasteiger partial charge in [-0.15, -0.1) is 0 Å². The molecule has 3 nitrogen and oxygen atoms in total. The predicted octanol–water partition coefficient (Wildman–Crippen LogP) is 0.757. The first-order valence-electron chi connectivity index (χ1n) is 5.69. The number of amides is 1. The molecule has 1 amide bonds. The van der Waals surface area contributed by atoms with Crippen LogP contribution >= 0.6 is 0 Å². The molecule has 0 aromatic carbocycles. The molecule has 2 fully saturated rings. The predicted molar refractivity (Wildman–Crippen MR) is 55.9 cm³/mol. The second kappa shape index (κ2) is 3.89. The first-order chi connectivity index (χ1) is 6.68. The Morgan fingerprint density at radius 2 is 1.79 bits per heavy atom. The summed E-state index contributed by atoms with van der Waals surface area (Å²) in [4.78, 5) is 11.7. The fourth-order valence-electron chi connectivity index (χ4n) is 2.49. The van der Waals surface area contributed by atoms with Crippen LogP contribution in [-0.4, -0.2) is 25.0 Å². The molecule has 1 heterocycles. The highest BCUT2D eigenvalue weighted by Gasteiger charge is 2.34. The zero-order valence-electron chi connectivity index (χ0n) is 9.05. The lowest BCUT2D eigenvalue weighted by Gasteiger charge is -2.29. The number of carbonyl (C=O) groups excluding carboxylic acids is 1. The minimum absolute atomic E-state index is 0.231. The molecule has 0 bridgehead atoms. The number of hydrogen-bond acceptors (Lipinski definition) is 2. The van der Waals surface area contributed by atoms with E-state index in [1.807, 2.05) is 0 Å². The molecule has 3 heteroatoms. The first kappa shape index (κ1) is 9.97. The monoisotopic (exact) mass is 196 g/mol. The van der Waals surface area contributed by atoms with Crippen molar-refractivity contribution in [1.82, 2.24) is 10.6 Å². The van der Waals surface area contributed by atoms with Crippen LogP contribution in [0.4, 0.5) is 0 Å². The van der Waals surface area contributed by atoms with E-state index in [9.17, 15) is 4.79 Å². The Balaban J connectivity index is 1.86. The molecule has 2 atom stereocenters. The summed E-state index contributed by atoms with van der Waals surface area (Å²) in [5.41, 5.74) is 0. The Morgan fingerprint density at radius 1 is 1.21 bits per heavy atom. The van der Waals surface area contributed by atoms with E-state index in [4.69, 9.17) is 0 Å². The first-order valence-corrected chi connectivity index (χ1v) is 5.69. The molecule has 2 N–H and O–H groups in total. The maximum absolute atomic E-state index is 11.7. The van der Waals surface area contributed by atoms with Gasteiger partial charge in [0, 0.05) is 19.1 Å². The summed E-state index contributed by atoms with van der Waals surface area (Å²) in [5.74, 6) is 1.80. The summed E-state index contributed by atoms with van der Waals surface area (Å²) in [6.07, 6.45) is 2.52. The van der Waals surface area contributed by atoms with Crippen LogP contribution < -0.4 is 10.6 Å². The van der Waals surface area contributed by atoms with Gasteiger partial charge in [-0.3, -0.25) is 4.79 Å². The van der Waals surface area contributed by atoms with Crippen LogP contribution in [0.25, 0.3) is 0 Å². The molecule has 0 aromatic rings. The molecule has 14 heavy (non-hydrogen) atoms. The van der Waals surface area contributed by atoms with E-state index >= 15 is 0 Å². The van der Waals surface area contributed by atoms with E-state index < -0.39 is 0 Å². The van der Waals surface area contributed by atoms with Gasteiger partial charge in [0.15, 0.2) is 0 Å². The molecule has 2 unspecified atom stereocenters. The van der Waals surface area contributed by atoms with E-state index in [-0.39, 0.29) is 11.8 Å². The number of nitrogens with one attached hydrogen (secondary N) is 2. The van der Waals surface area contributed by atoms with Crippen molar-refractivity contribution in [2.24, 2.45) is 17.8 Å². The minimum Gasteiger partial charge on any atom is -0.353 e. The summed E-state index contributed by atoms with van der Waals surface area (Å²) in [7, 11) is 0. The van der Waals surface area contributed by atoms with E-state index in [2.05, 4.69) is 24.5 Å². The maximum atomic E-state index is 11.7. The number of hydrogen-bond donors (Lipinski definition) is 2. The van der Waals surface area contributed by atoms with Crippen LogP contribution in [0.5, 0.6) is 0 Å². The maximum Gasteiger partial charge on any atom is 0.225 e. The van der Waals surface area contributed by atoms with Gasteiger partial charge in [-0.1, -0.05) is 13.8 Å². The van der Waals surface area contributed by atoms with Crippen LogP contribution in [0.15, 0.2) is 0 Å². The zero-order valence-corrected chi connectivity index (χ0v) is 9.05. The van der Waals surface area contributed by atoms with E-state index in [0.717, 1.165) is 13.1 Å². The number of carbonyl (C=O) groups is 1. The molecule has 2 aliphatic rings.